The van der Waals surface area contributed by atoms with Crippen molar-refractivity contribution in [2.75, 3.05) is 13.2 Å². The molecule has 1 atom stereocenters. The SMILES string of the molecule is CCOc1ccc(S(=O)(=O)NC(CC)c2ncc(-c3ccccc3)[nH]2)cc1OCC. The maximum absolute atomic E-state index is 13.0. The monoisotopic (exact) mass is 429 g/mol. The molecule has 0 aliphatic heterocycles. The van der Waals surface area contributed by atoms with Crippen LogP contribution in [0.2, 0.25) is 0 Å². The van der Waals surface area contributed by atoms with Gasteiger partial charge in [-0.1, -0.05) is 37.3 Å². The Kier molecular flexibility index (Phi) is 7.12. The highest BCUT2D eigenvalue weighted by molar-refractivity contribution is 7.89. The second-order valence-electron chi connectivity index (χ2n) is 6.60. The van der Waals surface area contributed by atoms with Gasteiger partial charge in [-0.05, 0) is 38.0 Å². The Morgan fingerprint density at radius 2 is 1.70 bits per heavy atom. The summed E-state index contributed by atoms with van der Waals surface area (Å²) in [6, 6.07) is 13.9. The third-order valence-electron chi connectivity index (χ3n) is 4.54. The van der Waals surface area contributed by atoms with Crippen LogP contribution in [0, 0.1) is 0 Å². The largest absolute Gasteiger partial charge is 0.490 e. The Morgan fingerprint density at radius 3 is 2.37 bits per heavy atom. The van der Waals surface area contributed by atoms with E-state index in [2.05, 4.69) is 14.7 Å². The summed E-state index contributed by atoms with van der Waals surface area (Å²) in [4.78, 5) is 7.74. The number of ether oxygens (including phenoxy) is 2. The van der Waals surface area contributed by atoms with Crippen molar-refractivity contribution in [3.8, 4) is 22.8 Å². The Morgan fingerprint density at radius 1 is 1.00 bits per heavy atom. The molecule has 0 amide bonds. The molecule has 3 aromatic rings. The van der Waals surface area contributed by atoms with Crippen LogP contribution < -0.4 is 14.2 Å². The Bertz CT molecular complexity index is 1060. The first-order chi connectivity index (χ1) is 14.5. The van der Waals surface area contributed by atoms with E-state index in [1.807, 2.05) is 51.1 Å². The van der Waals surface area contributed by atoms with Gasteiger partial charge in [0, 0.05) is 6.07 Å². The van der Waals surface area contributed by atoms with Crippen LogP contribution in [0.15, 0.2) is 59.6 Å². The van der Waals surface area contributed by atoms with E-state index < -0.39 is 16.1 Å². The molecule has 0 fully saturated rings. The van der Waals surface area contributed by atoms with Crippen molar-refractivity contribution in [2.24, 2.45) is 0 Å². The van der Waals surface area contributed by atoms with Gasteiger partial charge in [-0.15, -0.1) is 0 Å². The normalized spacial score (nSPS) is 12.5. The molecule has 1 heterocycles. The van der Waals surface area contributed by atoms with Gasteiger partial charge in [0.15, 0.2) is 11.5 Å². The second-order valence-corrected chi connectivity index (χ2v) is 8.32. The molecule has 3 rings (SSSR count). The number of aromatic amines is 1. The van der Waals surface area contributed by atoms with Gasteiger partial charge in [0.05, 0.1) is 36.0 Å². The zero-order chi connectivity index (χ0) is 21.6. The van der Waals surface area contributed by atoms with Crippen LogP contribution in [0.3, 0.4) is 0 Å². The lowest BCUT2D eigenvalue weighted by molar-refractivity contribution is 0.287. The Balaban J connectivity index is 1.84. The molecule has 7 nitrogen and oxygen atoms in total. The standard InChI is InChI=1S/C22H27N3O4S/c1-4-18(22-23-15-19(24-22)16-10-8-7-9-11-16)25-30(26,27)17-12-13-20(28-5-2)21(14-17)29-6-3/h7-15,18,25H,4-6H2,1-3H3,(H,23,24). The number of aromatic nitrogens is 2. The summed E-state index contributed by atoms with van der Waals surface area (Å²) in [6.45, 7) is 6.47. The van der Waals surface area contributed by atoms with Crippen molar-refractivity contribution < 1.29 is 17.9 Å². The van der Waals surface area contributed by atoms with Crippen molar-refractivity contribution in [3.63, 3.8) is 0 Å². The summed E-state index contributed by atoms with van der Waals surface area (Å²) in [6.07, 6.45) is 2.25. The van der Waals surface area contributed by atoms with Gasteiger partial charge in [-0.3, -0.25) is 0 Å². The Labute approximate surface area is 177 Å². The third kappa shape index (κ3) is 5.01. The van der Waals surface area contributed by atoms with Crippen LogP contribution in [0.1, 0.15) is 39.1 Å². The minimum Gasteiger partial charge on any atom is -0.490 e. The number of benzene rings is 2. The fraction of sp³-hybridized carbons (Fsp3) is 0.318. The summed E-state index contributed by atoms with van der Waals surface area (Å²) in [5, 5.41) is 0. The first-order valence-electron chi connectivity index (χ1n) is 10.0. The van der Waals surface area contributed by atoms with E-state index in [0.717, 1.165) is 11.3 Å². The van der Waals surface area contributed by atoms with Crippen molar-refractivity contribution in [1.82, 2.24) is 14.7 Å². The molecule has 0 aliphatic carbocycles. The highest BCUT2D eigenvalue weighted by atomic mass is 32.2. The van der Waals surface area contributed by atoms with Crippen molar-refractivity contribution >= 4 is 10.0 Å². The lowest BCUT2D eigenvalue weighted by atomic mass is 10.2. The van der Waals surface area contributed by atoms with Gasteiger partial charge in [0.25, 0.3) is 0 Å². The van der Waals surface area contributed by atoms with Gasteiger partial charge < -0.3 is 14.5 Å². The smallest absolute Gasteiger partial charge is 0.241 e. The molecule has 1 unspecified atom stereocenters. The Hall–Kier alpha value is -2.84. The van der Waals surface area contributed by atoms with E-state index in [4.69, 9.17) is 9.47 Å². The van der Waals surface area contributed by atoms with Crippen LogP contribution in [-0.2, 0) is 10.0 Å². The number of nitrogens with one attached hydrogen (secondary N) is 2. The quantitative estimate of drug-likeness (QED) is 0.501. The lowest BCUT2D eigenvalue weighted by Crippen LogP contribution is -2.29. The molecule has 0 saturated carbocycles. The van der Waals surface area contributed by atoms with Gasteiger partial charge in [0.1, 0.15) is 5.82 Å². The van der Waals surface area contributed by atoms with Gasteiger partial charge in [-0.25, -0.2) is 18.1 Å². The van der Waals surface area contributed by atoms with E-state index in [-0.39, 0.29) is 4.90 Å². The minimum atomic E-state index is -3.79. The summed E-state index contributed by atoms with van der Waals surface area (Å²) in [5.74, 6) is 1.49. The van der Waals surface area contributed by atoms with Gasteiger partial charge in [0.2, 0.25) is 10.0 Å². The summed E-state index contributed by atoms with van der Waals surface area (Å²) >= 11 is 0. The van der Waals surface area contributed by atoms with Crippen molar-refractivity contribution in [1.29, 1.82) is 0 Å². The first kappa shape index (κ1) is 21.9. The molecule has 0 bridgehead atoms. The number of hydrogen-bond acceptors (Lipinski definition) is 5. The van der Waals surface area contributed by atoms with Crippen LogP contribution in [-0.4, -0.2) is 31.6 Å². The fourth-order valence-corrected chi connectivity index (χ4v) is 4.36. The molecule has 0 saturated heterocycles. The highest BCUT2D eigenvalue weighted by Gasteiger charge is 2.24. The molecule has 2 aromatic carbocycles. The molecule has 30 heavy (non-hydrogen) atoms. The van der Waals surface area contributed by atoms with Gasteiger partial charge >= 0.3 is 0 Å². The average Bonchev–Trinajstić information content (AvgIpc) is 3.24. The number of nitrogens with zero attached hydrogens (tertiary/aromatic N) is 1. The zero-order valence-electron chi connectivity index (χ0n) is 17.4. The predicted molar refractivity (Wildman–Crippen MR) is 116 cm³/mol. The molecule has 0 spiro atoms. The molecule has 160 valence electrons. The molecule has 1 aromatic heterocycles. The number of hydrogen-bond donors (Lipinski definition) is 2. The van der Waals surface area contributed by atoms with E-state index in [0.29, 0.717) is 37.0 Å². The summed E-state index contributed by atoms with van der Waals surface area (Å²) in [5.41, 5.74) is 1.82. The van der Waals surface area contributed by atoms with E-state index in [9.17, 15) is 8.42 Å². The maximum Gasteiger partial charge on any atom is 0.241 e. The molecule has 8 heteroatoms. The predicted octanol–water partition coefficient (Wildman–Crippen LogP) is 4.30. The van der Waals surface area contributed by atoms with E-state index in [1.54, 1.807) is 12.3 Å². The molecule has 0 radical (unpaired) electrons. The molecule has 0 aliphatic rings. The number of imidazole rings is 1. The first-order valence-corrected chi connectivity index (χ1v) is 11.5. The topological polar surface area (TPSA) is 93.3 Å². The number of rotatable bonds is 10. The summed E-state index contributed by atoms with van der Waals surface area (Å²) in [7, 11) is -3.79. The number of H-pyrrole nitrogens is 1. The highest BCUT2D eigenvalue weighted by Crippen LogP contribution is 2.31. The average molecular weight is 430 g/mol. The van der Waals surface area contributed by atoms with Crippen molar-refractivity contribution in [2.45, 2.75) is 38.1 Å². The molecule has 2 N–H and O–H groups in total. The molecular formula is C22H27N3O4S. The van der Waals surface area contributed by atoms with Crippen molar-refractivity contribution in [3.05, 3.63) is 60.6 Å². The minimum absolute atomic E-state index is 0.114. The van der Waals surface area contributed by atoms with Crippen LogP contribution in [0.25, 0.3) is 11.3 Å². The van der Waals surface area contributed by atoms with Crippen LogP contribution in [0.5, 0.6) is 11.5 Å². The second kappa shape index (κ2) is 9.77. The van der Waals surface area contributed by atoms with Crippen LogP contribution >= 0.6 is 0 Å². The maximum atomic E-state index is 13.0. The van der Waals surface area contributed by atoms with E-state index in [1.165, 1.54) is 12.1 Å². The lowest BCUT2D eigenvalue weighted by Gasteiger charge is -2.17. The van der Waals surface area contributed by atoms with Gasteiger partial charge in [-0.2, -0.15) is 0 Å². The van der Waals surface area contributed by atoms with Crippen LogP contribution in [0.4, 0.5) is 0 Å². The fourth-order valence-electron chi connectivity index (χ4n) is 3.06. The summed E-state index contributed by atoms with van der Waals surface area (Å²) < 4.78 is 39.9. The zero-order valence-corrected chi connectivity index (χ0v) is 18.2. The molecular weight excluding hydrogens is 402 g/mol. The number of sulfonamides is 1. The van der Waals surface area contributed by atoms with E-state index >= 15 is 0 Å². The third-order valence-corrected chi connectivity index (χ3v) is 6.01.